The molecule has 1 N–H and O–H groups in total. The standard InChI is InChI=1S/C13H20N4O/c1-3-14-12-5-4-11(15-16-12)13(18)17-8-6-10(2)7-9-17/h4-5,10H,3,6-9H2,1-2H3,(H,14,16). The first kappa shape index (κ1) is 12.8. The van der Waals surface area contributed by atoms with E-state index in [1.165, 1.54) is 0 Å². The van der Waals surface area contributed by atoms with Gasteiger partial charge in [-0.2, -0.15) is 0 Å². The third kappa shape index (κ3) is 2.97. The van der Waals surface area contributed by atoms with Crippen molar-refractivity contribution in [3.8, 4) is 0 Å². The highest BCUT2D eigenvalue weighted by molar-refractivity contribution is 5.92. The molecule has 0 bridgehead atoms. The number of amides is 1. The van der Waals surface area contributed by atoms with Gasteiger partial charge in [0, 0.05) is 19.6 Å². The van der Waals surface area contributed by atoms with Crippen LogP contribution in [-0.4, -0.2) is 40.6 Å². The van der Waals surface area contributed by atoms with Crippen molar-refractivity contribution in [3.63, 3.8) is 0 Å². The summed E-state index contributed by atoms with van der Waals surface area (Å²) < 4.78 is 0. The number of carbonyl (C=O) groups excluding carboxylic acids is 1. The second kappa shape index (κ2) is 5.80. The van der Waals surface area contributed by atoms with Gasteiger partial charge in [-0.3, -0.25) is 4.79 Å². The predicted molar refractivity (Wildman–Crippen MR) is 70.5 cm³/mol. The molecule has 0 unspecified atom stereocenters. The van der Waals surface area contributed by atoms with Gasteiger partial charge in [-0.15, -0.1) is 10.2 Å². The van der Waals surface area contributed by atoms with Crippen LogP contribution >= 0.6 is 0 Å². The van der Waals surface area contributed by atoms with Crippen LogP contribution in [-0.2, 0) is 0 Å². The molecule has 1 aliphatic heterocycles. The van der Waals surface area contributed by atoms with Crippen LogP contribution in [0.25, 0.3) is 0 Å². The lowest BCUT2D eigenvalue weighted by Crippen LogP contribution is -2.38. The highest BCUT2D eigenvalue weighted by atomic mass is 16.2. The Kier molecular flexibility index (Phi) is 4.12. The molecule has 98 valence electrons. The Morgan fingerprint density at radius 2 is 2.11 bits per heavy atom. The number of aromatic nitrogens is 2. The van der Waals surface area contributed by atoms with Crippen molar-refractivity contribution in [3.05, 3.63) is 17.8 Å². The number of hydrogen-bond donors (Lipinski definition) is 1. The van der Waals surface area contributed by atoms with Crippen molar-refractivity contribution in [1.29, 1.82) is 0 Å². The van der Waals surface area contributed by atoms with Crippen molar-refractivity contribution in [2.45, 2.75) is 26.7 Å². The average Bonchev–Trinajstić information content (AvgIpc) is 2.40. The lowest BCUT2D eigenvalue weighted by Gasteiger charge is -2.29. The summed E-state index contributed by atoms with van der Waals surface area (Å²) >= 11 is 0. The van der Waals surface area contributed by atoms with Crippen LogP contribution < -0.4 is 5.32 Å². The highest BCUT2D eigenvalue weighted by Crippen LogP contribution is 2.17. The molecule has 5 nitrogen and oxygen atoms in total. The summed E-state index contributed by atoms with van der Waals surface area (Å²) in [6.07, 6.45) is 2.16. The molecule has 1 amide bonds. The molecule has 1 aromatic heterocycles. The third-order valence-electron chi connectivity index (χ3n) is 3.31. The van der Waals surface area contributed by atoms with Gasteiger partial charge in [0.15, 0.2) is 5.69 Å². The second-order valence-corrected chi connectivity index (χ2v) is 4.81. The van der Waals surface area contributed by atoms with E-state index in [0.29, 0.717) is 11.5 Å². The summed E-state index contributed by atoms with van der Waals surface area (Å²) in [5.41, 5.74) is 0.436. The summed E-state index contributed by atoms with van der Waals surface area (Å²) in [4.78, 5) is 14.1. The van der Waals surface area contributed by atoms with Crippen LogP contribution in [0.2, 0.25) is 0 Å². The Morgan fingerprint density at radius 3 is 2.67 bits per heavy atom. The van der Waals surface area contributed by atoms with E-state index in [-0.39, 0.29) is 5.91 Å². The van der Waals surface area contributed by atoms with Gasteiger partial charge >= 0.3 is 0 Å². The zero-order valence-corrected chi connectivity index (χ0v) is 11.0. The van der Waals surface area contributed by atoms with Gasteiger partial charge in [0.25, 0.3) is 5.91 Å². The van der Waals surface area contributed by atoms with Crippen molar-refractivity contribution in [2.75, 3.05) is 25.0 Å². The van der Waals surface area contributed by atoms with Crippen molar-refractivity contribution >= 4 is 11.7 Å². The van der Waals surface area contributed by atoms with Crippen LogP contribution in [0.3, 0.4) is 0 Å². The molecule has 0 atom stereocenters. The molecular weight excluding hydrogens is 228 g/mol. The zero-order chi connectivity index (χ0) is 13.0. The number of nitrogens with zero attached hydrogens (tertiary/aromatic N) is 3. The fourth-order valence-electron chi connectivity index (χ4n) is 2.10. The summed E-state index contributed by atoms with van der Waals surface area (Å²) in [6.45, 7) is 6.68. The lowest BCUT2D eigenvalue weighted by atomic mass is 9.99. The summed E-state index contributed by atoms with van der Waals surface area (Å²) in [5, 5.41) is 11.0. The van der Waals surface area contributed by atoms with Crippen molar-refractivity contribution < 1.29 is 4.79 Å². The number of carbonyl (C=O) groups is 1. The quantitative estimate of drug-likeness (QED) is 0.886. The van der Waals surface area contributed by atoms with Crippen LogP contribution in [0.4, 0.5) is 5.82 Å². The first-order valence-electron chi connectivity index (χ1n) is 6.57. The van der Waals surface area contributed by atoms with E-state index in [9.17, 15) is 4.79 Å². The molecule has 5 heteroatoms. The normalized spacial score (nSPS) is 16.7. The van der Waals surface area contributed by atoms with Gasteiger partial charge in [0.05, 0.1) is 0 Å². The molecule has 0 spiro atoms. The van der Waals surface area contributed by atoms with E-state index >= 15 is 0 Å². The molecule has 0 radical (unpaired) electrons. The highest BCUT2D eigenvalue weighted by Gasteiger charge is 2.22. The van der Waals surface area contributed by atoms with E-state index in [4.69, 9.17) is 0 Å². The van der Waals surface area contributed by atoms with E-state index in [1.807, 2.05) is 11.8 Å². The maximum absolute atomic E-state index is 12.2. The molecule has 1 aromatic rings. The topological polar surface area (TPSA) is 58.1 Å². The molecule has 2 heterocycles. The second-order valence-electron chi connectivity index (χ2n) is 4.81. The van der Waals surface area contributed by atoms with Gasteiger partial charge in [-0.05, 0) is 37.8 Å². The minimum atomic E-state index is -0.00236. The predicted octanol–water partition coefficient (Wildman–Crippen LogP) is 1.78. The molecule has 2 rings (SSSR count). The Balaban J connectivity index is 2.00. The van der Waals surface area contributed by atoms with E-state index < -0.39 is 0 Å². The zero-order valence-electron chi connectivity index (χ0n) is 11.0. The monoisotopic (exact) mass is 248 g/mol. The molecule has 0 aliphatic carbocycles. The van der Waals surface area contributed by atoms with Gasteiger partial charge in [0.2, 0.25) is 0 Å². The first-order valence-corrected chi connectivity index (χ1v) is 6.57. The number of likely N-dealkylation sites (tertiary alicyclic amines) is 1. The minimum absolute atomic E-state index is 0.00236. The number of rotatable bonds is 3. The Bertz CT molecular complexity index is 396. The van der Waals surface area contributed by atoms with E-state index in [0.717, 1.165) is 38.4 Å². The molecule has 1 saturated heterocycles. The number of nitrogens with one attached hydrogen (secondary N) is 1. The Morgan fingerprint density at radius 1 is 1.39 bits per heavy atom. The van der Waals surface area contributed by atoms with Crippen LogP contribution in [0.5, 0.6) is 0 Å². The molecule has 0 saturated carbocycles. The average molecular weight is 248 g/mol. The number of piperidine rings is 1. The lowest BCUT2D eigenvalue weighted by molar-refractivity contribution is 0.0690. The fraction of sp³-hybridized carbons (Fsp3) is 0.615. The van der Waals surface area contributed by atoms with Crippen molar-refractivity contribution in [1.82, 2.24) is 15.1 Å². The van der Waals surface area contributed by atoms with E-state index in [1.54, 1.807) is 12.1 Å². The van der Waals surface area contributed by atoms with Crippen LogP contribution in [0.1, 0.15) is 37.2 Å². The summed E-state index contributed by atoms with van der Waals surface area (Å²) in [6, 6.07) is 3.54. The SMILES string of the molecule is CCNc1ccc(C(=O)N2CCC(C)CC2)nn1. The van der Waals surface area contributed by atoms with Gasteiger partial charge in [0.1, 0.15) is 5.82 Å². The largest absolute Gasteiger partial charge is 0.369 e. The smallest absolute Gasteiger partial charge is 0.274 e. The maximum atomic E-state index is 12.2. The van der Waals surface area contributed by atoms with Crippen molar-refractivity contribution in [2.24, 2.45) is 5.92 Å². The molecular formula is C13H20N4O. The van der Waals surface area contributed by atoms with Gasteiger partial charge in [-0.25, -0.2) is 0 Å². The van der Waals surface area contributed by atoms with E-state index in [2.05, 4.69) is 22.4 Å². The number of hydrogen-bond acceptors (Lipinski definition) is 4. The van der Waals surface area contributed by atoms with Gasteiger partial charge in [-0.1, -0.05) is 6.92 Å². The maximum Gasteiger partial charge on any atom is 0.274 e. The molecule has 0 aromatic carbocycles. The third-order valence-corrected chi connectivity index (χ3v) is 3.31. The summed E-state index contributed by atoms with van der Waals surface area (Å²) in [7, 11) is 0. The fourth-order valence-corrected chi connectivity index (χ4v) is 2.10. The Labute approximate surface area is 108 Å². The summed E-state index contributed by atoms with van der Waals surface area (Å²) in [5.74, 6) is 1.43. The van der Waals surface area contributed by atoms with Crippen LogP contribution in [0, 0.1) is 5.92 Å². The van der Waals surface area contributed by atoms with Crippen LogP contribution in [0.15, 0.2) is 12.1 Å². The molecule has 1 aliphatic rings. The minimum Gasteiger partial charge on any atom is -0.369 e. The van der Waals surface area contributed by atoms with Gasteiger partial charge < -0.3 is 10.2 Å². The first-order chi connectivity index (χ1) is 8.70. The Hall–Kier alpha value is -1.65. The molecule has 1 fully saturated rings. The number of anilines is 1. The molecule has 18 heavy (non-hydrogen) atoms.